The van der Waals surface area contributed by atoms with Crippen LogP contribution in [0.3, 0.4) is 0 Å². The van der Waals surface area contributed by atoms with E-state index in [0.29, 0.717) is 28.2 Å². The van der Waals surface area contributed by atoms with E-state index in [4.69, 9.17) is 11.6 Å². The summed E-state index contributed by atoms with van der Waals surface area (Å²) in [5.41, 5.74) is 1.70. The minimum Gasteiger partial charge on any atom is -0.364 e. The van der Waals surface area contributed by atoms with Crippen molar-refractivity contribution in [3.05, 3.63) is 58.8 Å². The van der Waals surface area contributed by atoms with Crippen LogP contribution in [0.1, 0.15) is 35.7 Å². The molecule has 0 radical (unpaired) electrons. The fourth-order valence-corrected chi connectivity index (χ4v) is 3.50. The van der Waals surface area contributed by atoms with Gasteiger partial charge in [-0.3, -0.25) is 4.40 Å². The lowest BCUT2D eigenvalue weighted by Crippen LogP contribution is -2.10. The Morgan fingerprint density at radius 2 is 2.04 bits per heavy atom. The number of alkyl halides is 3. The van der Waals surface area contributed by atoms with Gasteiger partial charge in [-0.15, -0.1) is 0 Å². The first kappa shape index (κ1) is 17.3. The Morgan fingerprint density at radius 3 is 2.79 bits per heavy atom. The van der Waals surface area contributed by atoms with E-state index in [1.165, 1.54) is 18.3 Å². The van der Waals surface area contributed by atoms with Crippen molar-refractivity contribution in [3.63, 3.8) is 0 Å². The monoisotopic (exact) mass is 406 g/mol. The van der Waals surface area contributed by atoms with Crippen LogP contribution in [-0.4, -0.2) is 24.0 Å². The number of anilines is 1. The first-order chi connectivity index (χ1) is 13.4. The molecule has 1 saturated carbocycles. The third-order valence-electron chi connectivity index (χ3n) is 4.77. The van der Waals surface area contributed by atoms with Crippen molar-refractivity contribution in [2.45, 2.75) is 31.5 Å². The van der Waals surface area contributed by atoms with Crippen molar-refractivity contribution in [2.24, 2.45) is 0 Å². The lowest BCUT2D eigenvalue weighted by molar-refractivity contribution is -0.142. The molecule has 0 amide bonds. The molecule has 4 aromatic rings. The molecule has 1 fully saturated rings. The lowest BCUT2D eigenvalue weighted by Gasteiger charge is -2.08. The molecule has 1 N–H and O–H groups in total. The van der Waals surface area contributed by atoms with Crippen molar-refractivity contribution in [2.75, 3.05) is 5.32 Å². The number of fused-ring (bicyclic) bond motifs is 2. The predicted octanol–water partition coefficient (Wildman–Crippen LogP) is 4.54. The highest BCUT2D eigenvalue weighted by Crippen LogP contribution is 2.42. The summed E-state index contributed by atoms with van der Waals surface area (Å²) < 4.78 is 42.2. The molecule has 0 saturated heterocycles. The van der Waals surface area contributed by atoms with E-state index >= 15 is 0 Å². The average molecular weight is 407 g/mol. The van der Waals surface area contributed by atoms with Gasteiger partial charge in [0.1, 0.15) is 22.3 Å². The molecule has 0 bridgehead atoms. The van der Waals surface area contributed by atoms with Gasteiger partial charge >= 0.3 is 6.18 Å². The first-order valence-corrected chi connectivity index (χ1v) is 9.10. The summed E-state index contributed by atoms with van der Waals surface area (Å²) in [5.74, 6) is 1.07. The number of imidazole rings is 1. The van der Waals surface area contributed by atoms with E-state index in [-0.39, 0.29) is 12.2 Å². The summed E-state index contributed by atoms with van der Waals surface area (Å²) in [6.45, 7) is 0.215. The molecule has 28 heavy (non-hydrogen) atoms. The molecule has 0 spiro atoms. The second-order valence-electron chi connectivity index (χ2n) is 6.80. The molecule has 0 atom stereocenters. The quantitative estimate of drug-likeness (QED) is 0.505. The fraction of sp³-hybridized carbons (Fsp3) is 0.278. The van der Waals surface area contributed by atoms with Gasteiger partial charge < -0.3 is 5.32 Å². The number of hydrogen-bond acceptors (Lipinski definition) is 4. The molecule has 0 aromatic carbocycles. The van der Waals surface area contributed by atoms with Gasteiger partial charge in [-0.1, -0.05) is 17.7 Å². The SMILES string of the molecule is FC(F)(F)c1cccc2nc(CNc3cc(Cl)nc4c(C5CC5)cnn34)cn12. The van der Waals surface area contributed by atoms with Gasteiger partial charge in [0.05, 0.1) is 18.4 Å². The maximum Gasteiger partial charge on any atom is 0.431 e. The zero-order valence-corrected chi connectivity index (χ0v) is 15.2. The molecule has 4 heterocycles. The van der Waals surface area contributed by atoms with Gasteiger partial charge in [0.25, 0.3) is 0 Å². The van der Waals surface area contributed by atoms with Crippen LogP contribution in [0.25, 0.3) is 11.3 Å². The predicted molar refractivity (Wildman–Crippen MR) is 97.5 cm³/mol. The number of nitrogens with zero attached hydrogens (tertiary/aromatic N) is 5. The van der Waals surface area contributed by atoms with Gasteiger partial charge in [0.2, 0.25) is 0 Å². The second-order valence-corrected chi connectivity index (χ2v) is 7.18. The summed E-state index contributed by atoms with van der Waals surface area (Å²) in [6.07, 6.45) is 0.943. The molecular formula is C18H14ClF3N6. The molecular weight excluding hydrogens is 393 g/mol. The summed E-state index contributed by atoms with van der Waals surface area (Å²) in [6, 6.07) is 5.55. The largest absolute Gasteiger partial charge is 0.431 e. The molecule has 10 heteroatoms. The molecule has 144 valence electrons. The van der Waals surface area contributed by atoms with Crippen LogP contribution >= 0.6 is 11.6 Å². The lowest BCUT2D eigenvalue weighted by atomic mass is 10.2. The molecule has 0 aliphatic heterocycles. The number of halogens is 4. The van der Waals surface area contributed by atoms with E-state index in [0.717, 1.165) is 28.9 Å². The van der Waals surface area contributed by atoms with Crippen LogP contribution in [0.2, 0.25) is 5.15 Å². The van der Waals surface area contributed by atoms with Gasteiger partial charge in [-0.05, 0) is 30.9 Å². The van der Waals surface area contributed by atoms with Crippen LogP contribution in [0, 0.1) is 0 Å². The minimum absolute atomic E-state index is 0.215. The number of hydrogen-bond donors (Lipinski definition) is 1. The Labute approximate surface area is 162 Å². The normalized spacial score (nSPS) is 14.9. The summed E-state index contributed by atoms with van der Waals surface area (Å²) in [4.78, 5) is 8.64. The molecule has 1 aliphatic rings. The van der Waals surface area contributed by atoms with Crippen LogP contribution in [0.4, 0.5) is 19.0 Å². The first-order valence-electron chi connectivity index (χ1n) is 8.72. The Kier molecular flexibility index (Phi) is 3.77. The van der Waals surface area contributed by atoms with E-state index in [1.807, 2.05) is 0 Å². The molecule has 5 rings (SSSR count). The van der Waals surface area contributed by atoms with E-state index in [9.17, 15) is 13.2 Å². The highest BCUT2D eigenvalue weighted by atomic mass is 35.5. The third kappa shape index (κ3) is 2.95. The highest BCUT2D eigenvalue weighted by Gasteiger charge is 2.33. The van der Waals surface area contributed by atoms with Gasteiger partial charge in [-0.25, -0.2) is 9.97 Å². The van der Waals surface area contributed by atoms with Crippen molar-refractivity contribution in [1.82, 2.24) is 24.0 Å². The maximum atomic E-state index is 13.2. The van der Waals surface area contributed by atoms with Crippen LogP contribution in [-0.2, 0) is 12.7 Å². The van der Waals surface area contributed by atoms with Gasteiger partial charge in [0, 0.05) is 17.8 Å². The zero-order valence-electron chi connectivity index (χ0n) is 14.4. The third-order valence-corrected chi connectivity index (χ3v) is 4.96. The summed E-state index contributed by atoms with van der Waals surface area (Å²) in [7, 11) is 0. The van der Waals surface area contributed by atoms with Gasteiger partial charge in [-0.2, -0.15) is 22.8 Å². The number of aromatic nitrogens is 5. The second kappa shape index (κ2) is 6.10. The minimum atomic E-state index is -4.45. The van der Waals surface area contributed by atoms with Crippen LogP contribution in [0.15, 0.2) is 36.7 Å². The van der Waals surface area contributed by atoms with Crippen LogP contribution in [0.5, 0.6) is 0 Å². The maximum absolute atomic E-state index is 13.2. The number of rotatable bonds is 4. The van der Waals surface area contributed by atoms with E-state index in [1.54, 1.807) is 16.8 Å². The fourth-order valence-electron chi connectivity index (χ4n) is 3.32. The van der Waals surface area contributed by atoms with Crippen molar-refractivity contribution in [3.8, 4) is 0 Å². The Morgan fingerprint density at radius 1 is 1.21 bits per heavy atom. The average Bonchev–Trinajstić information content (AvgIpc) is 3.24. The topological polar surface area (TPSA) is 59.5 Å². The zero-order chi connectivity index (χ0) is 19.5. The Hall–Kier alpha value is -2.81. The van der Waals surface area contributed by atoms with Crippen molar-refractivity contribution < 1.29 is 13.2 Å². The Bertz CT molecular complexity index is 1190. The number of nitrogens with one attached hydrogen (secondary N) is 1. The smallest absolute Gasteiger partial charge is 0.364 e. The number of pyridine rings is 1. The van der Waals surface area contributed by atoms with Crippen molar-refractivity contribution >= 4 is 28.7 Å². The van der Waals surface area contributed by atoms with Crippen LogP contribution < -0.4 is 5.32 Å². The summed E-state index contributed by atoms with van der Waals surface area (Å²) >= 11 is 6.16. The summed E-state index contributed by atoms with van der Waals surface area (Å²) in [5, 5.41) is 7.86. The Balaban J connectivity index is 1.47. The molecule has 4 aromatic heterocycles. The molecule has 0 unspecified atom stereocenters. The highest BCUT2D eigenvalue weighted by molar-refractivity contribution is 6.29. The molecule has 1 aliphatic carbocycles. The van der Waals surface area contributed by atoms with E-state index < -0.39 is 11.9 Å². The standard InChI is InChI=1S/C18H14ClF3N6/c19-14-6-16(28-17(26-14)12(8-24-28)10-4-5-10)23-7-11-9-27-13(18(20,21)22)2-1-3-15(27)25-11/h1-3,6,8-10,23H,4-5,7H2. The van der Waals surface area contributed by atoms with Crippen molar-refractivity contribution in [1.29, 1.82) is 0 Å². The molecule has 6 nitrogen and oxygen atoms in total. The van der Waals surface area contributed by atoms with Gasteiger partial charge in [0.15, 0.2) is 5.65 Å². The van der Waals surface area contributed by atoms with E-state index in [2.05, 4.69) is 20.4 Å².